The number of aliphatic hydroxyl groups is 1. The van der Waals surface area contributed by atoms with Crippen molar-refractivity contribution in [2.45, 2.75) is 19.4 Å². The van der Waals surface area contributed by atoms with Gasteiger partial charge in [0.25, 0.3) is 0 Å². The maximum absolute atomic E-state index is 13.3. The van der Waals surface area contributed by atoms with Crippen molar-refractivity contribution in [2.75, 3.05) is 7.11 Å². The Kier molecular flexibility index (Phi) is 3.80. The molecule has 4 heteroatoms. The number of carbonyl (C=O) groups excluding carboxylic acids is 1. The maximum atomic E-state index is 13.3. The van der Waals surface area contributed by atoms with Crippen LogP contribution in [0.5, 0.6) is 0 Å². The first-order chi connectivity index (χ1) is 7.04. The van der Waals surface area contributed by atoms with Crippen LogP contribution >= 0.6 is 0 Å². The molecule has 1 unspecified atom stereocenters. The molecule has 0 saturated heterocycles. The molecule has 1 N–H and O–H groups in total. The first-order valence-corrected chi connectivity index (χ1v) is 4.55. The van der Waals surface area contributed by atoms with E-state index in [1.807, 2.05) is 0 Å². The van der Waals surface area contributed by atoms with E-state index in [1.165, 1.54) is 13.2 Å². The monoisotopic (exact) mass is 212 g/mol. The third kappa shape index (κ3) is 3.02. The second-order valence-corrected chi connectivity index (χ2v) is 3.34. The van der Waals surface area contributed by atoms with E-state index < -0.39 is 17.9 Å². The van der Waals surface area contributed by atoms with E-state index in [-0.39, 0.29) is 6.42 Å². The average molecular weight is 212 g/mol. The topological polar surface area (TPSA) is 46.5 Å². The molecule has 0 amide bonds. The molecule has 0 radical (unpaired) electrons. The van der Waals surface area contributed by atoms with Gasteiger partial charge in [-0.2, -0.15) is 0 Å². The number of esters is 1. The predicted octanol–water partition coefficient (Wildman–Crippen LogP) is 1.21. The van der Waals surface area contributed by atoms with E-state index in [0.717, 1.165) is 5.56 Å². The van der Waals surface area contributed by atoms with Crippen molar-refractivity contribution < 1.29 is 19.0 Å². The summed E-state index contributed by atoms with van der Waals surface area (Å²) >= 11 is 0. The summed E-state index contributed by atoms with van der Waals surface area (Å²) in [6, 6.07) is 4.64. The quantitative estimate of drug-likeness (QED) is 0.766. The number of ether oxygens (including phenoxy) is 1. The molecule has 0 aliphatic heterocycles. The fourth-order valence-electron chi connectivity index (χ4n) is 1.25. The summed E-state index contributed by atoms with van der Waals surface area (Å²) in [5.41, 5.74) is 1.10. The highest BCUT2D eigenvalue weighted by atomic mass is 19.1. The average Bonchev–Trinajstić information content (AvgIpc) is 2.20. The summed E-state index contributed by atoms with van der Waals surface area (Å²) in [6.45, 7) is 1.77. The Morgan fingerprint density at radius 1 is 1.60 bits per heavy atom. The van der Waals surface area contributed by atoms with Gasteiger partial charge in [0.2, 0.25) is 0 Å². The number of aryl methyl sites for hydroxylation is 1. The van der Waals surface area contributed by atoms with Gasteiger partial charge in [-0.25, -0.2) is 9.18 Å². The van der Waals surface area contributed by atoms with Gasteiger partial charge in [-0.15, -0.1) is 0 Å². The summed E-state index contributed by atoms with van der Waals surface area (Å²) in [7, 11) is 1.18. The Morgan fingerprint density at radius 3 is 2.80 bits per heavy atom. The molecule has 1 rings (SSSR count). The molecule has 0 aliphatic carbocycles. The summed E-state index contributed by atoms with van der Waals surface area (Å²) in [5.74, 6) is -1.17. The van der Waals surface area contributed by atoms with E-state index in [9.17, 15) is 14.3 Å². The largest absolute Gasteiger partial charge is 0.467 e. The molecule has 0 spiro atoms. The maximum Gasteiger partial charge on any atom is 0.335 e. The Hall–Kier alpha value is -1.42. The van der Waals surface area contributed by atoms with Crippen molar-refractivity contribution in [1.82, 2.24) is 0 Å². The van der Waals surface area contributed by atoms with Crippen LogP contribution in [0.15, 0.2) is 18.2 Å². The number of methoxy groups -OCH3 is 1. The van der Waals surface area contributed by atoms with Crippen LogP contribution in [0.1, 0.15) is 11.1 Å². The molecular formula is C11H13FO3. The third-order valence-corrected chi connectivity index (χ3v) is 2.10. The first-order valence-electron chi connectivity index (χ1n) is 4.55. The van der Waals surface area contributed by atoms with Gasteiger partial charge in [0.1, 0.15) is 5.82 Å². The lowest BCUT2D eigenvalue weighted by atomic mass is 10.1. The van der Waals surface area contributed by atoms with Crippen molar-refractivity contribution in [3.63, 3.8) is 0 Å². The van der Waals surface area contributed by atoms with E-state index in [0.29, 0.717) is 5.56 Å². The number of carbonyl (C=O) groups is 1. The van der Waals surface area contributed by atoms with Crippen molar-refractivity contribution in [3.8, 4) is 0 Å². The predicted molar refractivity (Wildman–Crippen MR) is 52.9 cm³/mol. The molecule has 82 valence electrons. The van der Waals surface area contributed by atoms with Crippen LogP contribution in [0.25, 0.3) is 0 Å². The van der Waals surface area contributed by atoms with Crippen LogP contribution in [-0.2, 0) is 16.0 Å². The summed E-state index contributed by atoms with van der Waals surface area (Å²) < 4.78 is 17.7. The van der Waals surface area contributed by atoms with Gasteiger partial charge in [-0.3, -0.25) is 0 Å². The molecule has 0 aromatic heterocycles. The van der Waals surface area contributed by atoms with Gasteiger partial charge in [0.05, 0.1) is 7.11 Å². The van der Waals surface area contributed by atoms with Gasteiger partial charge in [0, 0.05) is 6.42 Å². The normalized spacial score (nSPS) is 12.3. The zero-order valence-electron chi connectivity index (χ0n) is 8.66. The fourth-order valence-corrected chi connectivity index (χ4v) is 1.25. The zero-order valence-corrected chi connectivity index (χ0v) is 8.66. The molecule has 0 aliphatic rings. The van der Waals surface area contributed by atoms with Crippen LogP contribution in [0.2, 0.25) is 0 Å². The van der Waals surface area contributed by atoms with Crippen LogP contribution in [0.3, 0.4) is 0 Å². The van der Waals surface area contributed by atoms with E-state index >= 15 is 0 Å². The van der Waals surface area contributed by atoms with Gasteiger partial charge in [-0.1, -0.05) is 12.1 Å². The molecule has 0 bridgehead atoms. The fraction of sp³-hybridized carbons (Fsp3) is 0.364. The number of benzene rings is 1. The van der Waals surface area contributed by atoms with Crippen molar-refractivity contribution in [1.29, 1.82) is 0 Å². The standard InChI is InChI=1S/C11H13FO3/c1-7-3-4-8(9(12)5-7)6-10(13)11(14)15-2/h3-5,10,13H,6H2,1-2H3. The zero-order chi connectivity index (χ0) is 11.4. The minimum Gasteiger partial charge on any atom is -0.467 e. The second-order valence-electron chi connectivity index (χ2n) is 3.34. The number of hydrogen-bond donors (Lipinski definition) is 1. The third-order valence-electron chi connectivity index (χ3n) is 2.10. The number of halogens is 1. The van der Waals surface area contributed by atoms with Crippen LogP contribution in [-0.4, -0.2) is 24.3 Å². The molecule has 3 nitrogen and oxygen atoms in total. The van der Waals surface area contributed by atoms with Crippen molar-refractivity contribution >= 4 is 5.97 Å². The molecular weight excluding hydrogens is 199 g/mol. The lowest BCUT2D eigenvalue weighted by Crippen LogP contribution is -2.24. The highest BCUT2D eigenvalue weighted by molar-refractivity contribution is 5.74. The lowest BCUT2D eigenvalue weighted by molar-refractivity contribution is -0.150. The van der Waals surface area contributed by atoms with Crippen molar-refractivity contribution in [3.05, 3.63) is 35.1 Å². The lowest BCUT2D eigenvalue weighted by Gasteiger charge is -2.09. The molecule has 1 aromatic rings. The highest BCUT2D eigenvalue weighted by Gasteiger charge is 2.17. The van der Waals surface area contributed by atoms with Crippen LogP contribution in [0.4, 0.5) is 4.39 Å². The molecule has 0 saturated carbocycles. The molecule has 0 fully saturated rings. The Labute approximate surface area is 87.5 Å². The highest BCUT2D eigenvalue weighted by Crippen LogP contribution is 2.12. The minimum atomic E-state index is -1.31. The van der Waals surface area contributed by atoms with E-state index in [1.54, 1.807) is 19.1 Å². The molecule has 1 aromatic carbocycles. The second kappa shape index (κ2) is 4.89. The smallest absolute Gasteiger partial charge is 0.335 e. The van der Waals surface area contributed by atoms with E-state index in [4.69, 9.17) is 0 Å². The summed E-state index contributed by atoms with van der Waals surface area (Å²) in [4.78, 5) is 10.9. The van der Waals surface area contributed by atoms with Gasteiger partial charge in [-0.05, 0) is 24.1 Å². The Morgan fingerprint density at radius 2 is 2.27 bits per heavy atom. The SMILES string of the molecule is COC(=O)C(O)Cc1ccc(C)cc1F. The molecule has 0 heterocycles. The van der Waals surface area contributed by atoms with Gasteiger partial charge >= 0.3 is 5.97 Å². The van der Waals surface area contributed by atoms with Crippen molar-refractivity contribution in [2.24, 2.45) is 0 Å². The number of aliphatic hydroxyl groups excluding tert-OH is 1. The number of hydrogen-bond acceptors (Lipinski definition) is 3. The molecule has 1 atom stereocenters. The summed E-state index contributed by atoms with van der Waals surface area (Å²) in [6.07, 6.45) is -1.38. The minimum absolute atomic E-state index is 0.0706. The van der Waals surface area contributed by atoms with Crippen LogP contribution < -0.4 is 0 Å². The Bertz CT molecular complexity index is 363. The molecule has 15 heavy (non-hydrogen) atoms. The first kappa shape index (κ1) is 11.7. The van der Waals surface area contributed by atoms with Gasteiger partial charge in [0.15, 0.2) is 6.10 Å². The summed E-state index contributed by atoms with van der Waals surface area (Å²) in [5, 5.41) is 9.32. The Balaban J connectivity index is 2.76. The van der Waals surface area contributed by atoms with E-state index in [2.05, 4.69) is 4.74 Å². The van der Waals surface area contributed by atoms with Crippen LogP contribution in [0, 0.1) is 12.7 Å². The number of rotatable bonds is 3. The van der Waals surface area contributed by atoms with Gasteiger partial charge < -0.3 is 9.84 Å².